The highest BCUT2D eigenvalue weighted by atomic mass is 35.5. The first-order chi connectivity index (χ1) is 57.3. The van der Waals surface area contributed by atoms with E-state index < -0.39 is 63.4 Å². The first-order valence-corrected chi connectivity index (χ1v) is 38.1. The SMILES string of the molecule is CNc1cc(Nc2cccn(-c3ncccc3F)c2=O)nc2c(C(=O)NC3CC[C@H]3OC)cnn12.CO[C@@H]1CCC1CC(=O)c1cnn2c(N(C)C(=O)OC(C)(C)C)cc(Cl)nc12.CO[C@@H]1CCC1NC(=O)c1cnn2c(N(C)C(=O)OC(C)(C)C)cc(Nc3cccn(-c4ncccc4F)c3=O)nc12.Nc1cccn(-c2ncccc2F)c1=O. The van der Waals surface area contributed by atoms with Gasteiger partial charge in [0, 0.05) is 104 Å². The number of Topliss-reactive ketones (excluding diaryl/α,β-unsaturated/α-hetero) is 1. The number of aromatic nitrogens is 15. The highest BCUT2D eigenvalue weighted by Gasteiger charge is 2.37. The van der Waals surface area contributed by atoms with Crippen molar-refractivity contribution in [3.05, 3.63) is 217 Å². The molecule has 0 saturated heterocycles. The molecule has 0 aromatic carbocycles. The summed E-state index contributed by atoms with van der Waals surface area (Å²) in [5.41, 5.74) is 4.24. The second-order valence-electron chi connectivity index (χ2n) is 29.8. The van der Waals surface area contributed by atoms with Gasteiger partial charge in [0.05, 0.1) is 60.2 Å². The Morgan fingerprint density at radius 3 is 1.35 bits per heavy atom. The standard InChI is InChI=1S/C28H31FN8O5.C23H23FN8O3.C19H25ClN4O4.C10H8FN3O/c1-28(2,3)42-27(40)35(4)22-14-21(32-19-9-7-13-36(26(19)39)24-17(29)8-6-12-30-24)34-23-16(15-31-37(22)23)25(38)33-18-10-11-20(18)41-5;1-25-19-11-18(28-16-6-4-10-31(23(16)34)21-14(24)5-3-9-26-21)30-20-13(12-27-32(19)20)22(33)29-15-7-8-17(15)35-2;1-19(2,3)28-18(26)23(4)16-9-15(20)22-17-12(10-21-24(16)17)13(25)8-11-6-7-14(11)27-5;11-7-3-1-5-13-9(7)14-6-2-4-8(12)10(14)15/h6-9,12-15,18,20H,10-11H2,1-5H3,(H,32,34)(H,33,38);3-6,9-12,15,17,25H,7-8H2,1-2H3,(H,28,30)(H,29,33);9-11,14H,6-8H2,1-5H3;1-6H,12H2/t18?,20-;15?,17-;11?,14-;/m111./s1. The molecule has 628 valence electrons. The maximum Gasteiger partial charge on any atom is 0.415 e. The van der Waals surface area contributed by atoms with Crippen LogP contribution in [-0.4, -0.2) is 186 Å². The quantitative estimate of drug-likeness (QED) is 0.0305. The van der Waals surface area contributed by atoms with Gasteiger partial charge >= 0.3 is 12.2 Å². The summed E-state index contributed by atoms with van der Waals surface area (Å²) >= 11 is 6.17. The first-order valence-electron chi connectivity index (χ1n) is 37.7. The number of fused-ring (bicyclic) bond motifs is 3. The van der Waals surface area contributed by atoms with Crippen molar-refractivity contribution >= 4 is 104 Å². The third-order valence-electron chi connectivity index (χ3n) is 19.5. The van der Waals surface area contributed by atoms with Crippen molar-refractivity contribution in [2.45, 2.75) is 128 Å². The Balaban J connectivity index is 0.000000154. The van der Waals surface area contributed by atoms with Crippen LogP contribution in [0.25, 0.3) is 34.4 Å². The van der Waals surface area contributed by atoms with Crippen LogP contribution >= 0.6 is 11.6 Å². The topological polar surface area (TPSA) is 419 Å². The predicted molar refractivity (Wildman–Crippen MR) is 438 cm³/mol. The van der Waals surface area contributed by atoms with Crippen molar-refractivity contribution in [1.82, 2.24) is 83.1 Å². The zero-order chi connectivity index (χ0) is 86.2. The number of nitrogens with two attached hydrogens (primary N) is 1. The van der Waals surface area contributed by atoms with Gasteiger partial charge in [0.25, 0.3) is 28.5 Å². The summed E-state index contributed by atoms with van der Waals surface area (Å²) in [6.07, 6.45) is 17.1. The number of anilines is 8. The number of ether oxygens (including phenoxy) is 5. The lowest BCUT2D eigenvalue weighted by atomic mass is 9.78. The largest absolute Gasteiger partial charge is 0.443 e. The van der Waals surface area contributed by atoms with E-state index in [1.807, 2.05) is 0 Å². The second-order valence-corrected chi connectivity index (χ2v) is 30.2. The number of pyridine rings is 6. The molecule has 40 heteroatoms. The summed E-state index contributed by atoms with van der Waals surface area (Å²) in [6.45, 7) is 10.6. The number of rotatable bonds is 20. The molecule has 12 aromatic heterocycles. The highest BCUT2D eigenvalue weighted by Crippen LogP contribution is 2.35. The zero-order valence-electron chi connectivity index (χ0n) is 67.3. The summed E-state index contributed by atoms with van der Waals surface area (Å²) in [4.78, 5) is 130. The molecule has 0 spiro atoms. The molecule has 3 fully saturated rings. The first kappa shape index (κ1) is 85.8. The van der Waals surface area contributed by atoms with Crippen LogP contribution in [0.5, 0.6) is 0 Å². The minimum atomic E-state index is -0.774. The molecule has 0 bridgehead atoms. The number of methoxy groups -OCH3 is 3. The van der Waals surface area contributed by atoms with Crippen molar-refractivity contribution in [3.8, 4) is 17.5 Å². The molecule has 3 saturated carbocycles. The minimum Gasteiger partial charge on any atom is -0.443 e. The van der Waals surface area contributed by atoms with E-state index in [9.17, 15) is 51.5 Å². The van der Waals surface area contributed by atoms with Crippen molar-refractivity contribution in [3.63, 3.8) is 0 Å². The molecular formula is C80H87ClF3N23O13. The Kier molecular flexibility index (Phi) is 26.1. The fourth-order valence-corrected chi connectivity index (χ4v) is 13.0. The fraction of sp³-hybridized carbons (Fsp3) is 0.338. The summed E-state index contributed by atoms with van der Waals surface area (Å²) in [7, 11) is 9.63. The molecule has 12 aromatic rings. The smallest absolute Gasteiger partial charge is 0.415 e. The molecule has 4 amide bonds. The van der Waals surface area contributed by atoms with Gasteiger partial charge < -0.3 is 56.0 Å². The Bertz CT molecular complexity index is 6020. The Morgan fingerprint density at radius 2 is 0.933 bits per heavy atom. The Morgan fingerprint density at radius 1 is 0.525 bits per heavy atom. The van der Waals surface area contributed by atoms with E-state index in [2.05, 4.69) is 71.8 Å². The lowest BCUT2D eigenvalue weighted by Gasteiger charge is -2.35. The van der Waals surface area contributed by atoms with Crippen molar-refractivity contribution in [2.24, 2.45) is 5.92 Å². The number of nitrogens with zero attached hydrogens (tertiary/aromatic N) is 17. The number of amides is 4. The van der Waals surface area contributed by atoms with Crippen molar-refractivity contribution in [2.75, 3.05) is 74.0 Å². The van der Waals surface area contributed by atoms with E-state index >= 15 is 0 Å². The fourth-order valence-electron chi connectivity index (χ4n) is 12.9. The van der Waals surface area contributed by atoms with Crippen molar-refractivity contribution in [1.29, 1.82) is 0 Å². The van der Waals surface area contributed by atoms with E-state index in [1.165, 1.54) is 147 Å². The number of carbonyl (C=O) groups excluding carboxylic acids is 5. The third kappa shape index (κ3) is 19.2. The zero-order valence-corrected chi connectivity index (χ0v) is 68.0. The van der Waals surface area contributed by atoms with Crippen LogP contribution in [0.2, 0.25) is 5.15 Å². The van der Waals surface area contributed by atoms with E-state index in [0.717, 1.165) is 52.2 Å². The molecule has 0 aliphatic heterocycles. The number of nitrogens with one attached hydrogen (secondary N) is 5. The van der Waals surface area contributed by atoms with Gasteiger partial charge in [0.15, 0.2) is 57.6 Å². The van der Waals surface area contributed by atoms with Crippen molar-refractivity contribution < 1.29 is 60.8 Å². The molecule has 36 nitrogen and oxygen atoms in total. The molecule has 120 heavy (non-hydrogen) atoms. The molecule has 3 unspecified atom stereocenters. The number of nitrogen functional groups attached to an aromatic ring is 1. The van der Waals surface area contributed by atoms with Gasteiger partial charge in [-0.1, -0.05) is 11.6 Å². The van der Waals surface area contributed by atoms with Gasteiger partial charge in [0.1, 0.15) is 67.9 Å². The van der Waals surface area contributed by atoms with Crippen LogP contribution in [0.3, 0.4) is 0 Å². The Labute approximate surface area is 687 Å². The van der Waals surface area contributed by atoms with E-state index in [-0.39, 0.29) is 116 Å². The second kappa shape index (κ2) is 36.5. The van der Waals surface area contributed by atoms with Gasteiger partial charge in [0.2, 0.25) is 0 Å². The molecular weight excluding hydrogens is 1580 g/mol. The van der Waals surface area contributed by atoms with Gasteiger partial charge in [-0.15, -0.1) is 0 Å². The summed E-state index contributed by atoms with van der Waals surface area (Å²) in [5.74, 6) is -1.24. The number of ketones is 1. The lowest BCUT2D eigenvalue weighted by Crippen LogP contribution is -2.51. The van der Waals surface area contributed by atoms with E-state index in [4.69, 9.17) is 41.0 Å². The molecule has 0 radical (unpaired) electrons. The van der Waals surface area contributed by atoms with E-state index in [0.29, 0.717) is 40.7 Å². The average molecular weight is 1670 g/mol. The molecule has 7 N–H and O–H groups in total. The van der Waals surface area contributed by atoms with Crippen LogP contribution < -0.4 is 58.8 Å². The van der Waals surface area contributed by atoms with E-state index in [1.54, 1.807) is 107 Å². The molecule has 3 aliphatic carbocycles. The van der Waals surface area contributed by atoms with Crippen LogP contribution in [0, 0.1) is 23.4 Å². The normalized spacial score (nSPS) is 16.6. The summed E-state index contributed by atoms with van der Waals surface area (Å²) in [5, 5.41) is 27.9. The average Bonchev–Trinajstić information content (AvgIpc) is 1.54. The van der Waals surface area contributed by atoms with Crippen LogP contribution in [0.1, 0.15) is 118 Å². The number of carbonyl (C=O) groups is 5. The van der Waals surface area contributed by atoms with Gasteiger partial charge in [-0.3, -0.25) is 52.3 Å². The number of hydrogen-bond donors (Lipinski definition) is 6. The van der Waals surface area contributed by atoms with Gasteiger partial charge in [-0.25, -0.2) is 52.7 Å². The monoisotopic (exact) mass is 1670 g/mol. The van der Waals surface area contributed by atoms with Crippen LogP contribution in [0.4, 0.5) is 68.9 Å². The Hall–Kier alpha value is -13.5. The minimum absolute atomic E-state index is 0.0111. The molecule has 12 heterocycles. The van der Waals surface area contributed by atoms with Gasteiger partial charge in [-0.2, -0.15) is 28.8 Å². The van der Waals surface area contributed by atoms with Gasteiger partial charge in [-0.05, 0) is 159 Å². The number of halogens is 4. The van der Waals surface area contributed by atoms with Crippen LogP contribution in [-0.2, 0) is 23.7 Å². The third-order valence-corrected chi connectivity index (χ3v) is 19.7. The maximum atomic E-state index is 14.4. The summed E-state index contributed by atoms with van der Waals surface area (Å²) < 4.78 is 76.5. The molecule has 15 rings (SSSR count). The predicted octanol–water partition coefficient (Wildman–Crippen LogP) is 10.2. The molecule has 3 aliphatic rings. The maximum absolute atomic E-state index is 14.4. The van der Waals surface area contributed by atoms with Crippen LogP contribution in [0.15, 0.2) is 161 Å². The molecule has 6 atom stereocenters. The lowest BCUT2D eigenvalue weighted by molar-refractivity contribution is -0.0171. The summed E-state index contributed by atoms with van der Waals surface area (Å²) in [6, 6.07) is 21.6. The highest BCUT2D eigenvalue weighted by molar-refractivity contribution is 6.30. The number of hydrogen-bond acceptors (Lipinski definition) is 26.